The zero-order chi connectivity index (χ0) is 25.6. The van der Waals surface area contributed by atoms with Gasteiger partial charge in [-0.1, -0.05) is 30.3 Å². The average molecular weight is 500 g/mol. The van der Waals surface area contributed by atoms with Crippen LogP contribution < -0.4 is 4.74 Å². The summed E-state index contributed by atoms with van der Waals surface area (Å²) in [4.78, 5) is 32.4. The molecule has 0 aliphatic carbocycles. The van der Waals surface area contributed by atoms with Gasteiger partial charge in [-0.25, -0.2) is 0 Å². The van der Waals surface area contributed by atoms with Gasteiger partial charge in [0.25, 0.3) is 5.91 Å². The summed E-state index contributed by atoms with van der Waals surface area (Å²) in [7, 11) is 0. The number of carbonyl (C=O) groups excluding carboxylic acids is 2. The Bertz CT molecular complexity index is 1220. The number of carbonyl (C=O) groups is 2. The van der Waals surface area contributed by atoms with E-state index in [9.17, 15) is 9.59 Å². The van der Waals surface area contributed by atoms with Crippen molar-refractivity contribution in [1.29, 1.82) is 0 Å². The van der Waals surface area contributed by atoms with Crippen LogP contribution in [-0.4, -0.2) is 84.9 Å². The predicted octanol–water partition coefficient (Wildman–Crippen LogP) is 4.73. The van der Waals surface area contributed by atoms with Gasteiger partial charge in [-0.2, -0.15) is 0 Å². The van der Waals surface area contributed by atoms with Crippen molar-refractivity contribution in [3.63, 3.8) is 0 Å². The van der Waals surface area contributed by atoms with Crippen LogP contribution in [0.15, 0.2) is 66.7 Å². The summed E-state index contributed by atoms with van der Waals surface area (Å²) in [5.74, 6) is 0.970. The van der Waals surface area contributed by atoms with E-state index in [1.807, 2.05) is 65.6 Å². The molecule has 5 rings (SSSR count). The van der Waals surface area contributed by atoms with Gasteiger partial charge in [0.2, 0.25) is 0 Å². The number of piperazine rings is 1. The van der Waals surface area contributed by atoms with Crippen LogP contribution in [-0.2, 0) is 0 Å². The van der Waals surface area contributed by atoms with Crippen LogP contribution >= 0.6 is 0 Å². The first kappa shape index (κ1) is 25.4. The topological polar surface area (TPSA) is 53.1 Å². The summed E-state index contributed by atoms with van der Waals surface area (Å²) >= 11 is 0. The fraction of sp³-hybridized carbons (Fsp3) is 0.419. The molecule has 0 spiro atoms. The largest absolute Gasteiger partial charge is 0.494 e. The Morgan fingerprint density at radius 1 is 0.865 bits per heavy atom. The summed E-state index contributed by atoms with van der Waals surface area (Å²) < 4.78 is 5.89. The number of benzene rings is 3. The lowest BCUT2D eigenvalue weighted by Gasteiger charge is -2.34. The SMILES string of the molecule is C[C@@H]1CCCN1CCCOc1ccc(C(=O)CN2CCN(C(=O)c3ccc4ccccc4c3)CC2)cc1. The van der Waals surface area contributed by atoms with E-state index < -0.39 is 0 Å². The van der Waals surface area contributed by atoms with Crippen LogP contribution in [0.25, 0.3) is 10.8 Å². The molecular formula is C31H37N3O3. The van der Waals surface area contributed by atoms with E-state index >= 15 is 0 Å². The second-order valence-electron chi connectivity index (χ2n) is 10.3. The van der Waals surface area contributed by atoms with Gasteiger partial charge in [0.1, 0.15) is 5.75 Å². The summed E-state index contributed by atoms with van der Waals surface area (Å²) in [6.45, 7) is 8.29. The van der Waals surface area contributed by atoms with Gasteiger partial charge in [0, 0.05) is 49.9 Å². The van der Waals surface area contributed by atoms with E-state index in [4.69, 9.17) is 4.74 Å². The minimum absolute atomic E-state index is 0.0576. The number of fused-ring (bicyclic) bond motifs is 1. The Kier molecular flexibility index (Phi) is 8.17. The van der Waals surface area contributed by atoms with E-state index in [1.165, 1.54) is 19.4 Å². The van der Waals surface area contributed by atoms with E-state index in [-0.39, 0.29) is 11.7 Å². The molecular weight excluding hydrogens is 462 g/mol. The highest BCUT2D eigenvalue weighted by atomic mass is 16.5. The highest BCUT2D eigenvalue weighted by Crippen LogP contribution is 2.19. The van der Waals surface area contributed by atoms with Crippen LogP contribution in [0, 0.1) is 0 Å². The Balaban J connectivity index is 1.05. The number of hydrogen-bond acceptors (Lipinski definition) is 5. The first-order valence-corrected chi connectivity index (χ1v) is 13.6. The van der Waals surface area contributed by atoms with Gasteiger partial charge >= 0.3 is 0 Å². The second-order valence-corrected chi connectivity index (χ2v) is 10.3. The van der Waals surface area contributed by atoms with Crippen molar-refractivity contribution in [3.8, 4) is 5.75 Å². The molecule has 3 aromatic rings. The molecule has 2 fully saturated rings. The molecule has 6 heteroatoms. The Morgan fingerprint density at radius 2 is 1.59 bits per heavy atom. The molecule has 2 heterocycles. The number of ketones is 1. The number of rotatable bonds is 9. The van der Waals surface area contributed by atoms with Gasteiger partial charge in [-0.05, 0) is 79.9 Å². The van der Waals surface area contributed by atoms with E-state index in [0.717, 1.165) is 35.1 Å². The Labute approximate surface area is 219 Å². The fourth-order valence-electron chi connectivity index (χ4n) is 5.43. The third-order valence-electron chi connectivity index (χ3n) is 7.75. The highest BCUT2D eigenvalue weighted by molar-refractivity contribution is 5.99. The maximum Gasteiger partial charge on any atom is 0.253 e. The number of amides is 1. The molecule has 2 aliphatic rings. The zero-order valence-corrected chi connectivity index (χ0v) is 21.8. The van der Waals surface area contributed by atoms with Crippen LogP contribution in [0.3, 0.4) is 0 Å². The van der Waals surface area contributed by atoms with Gasteiger partial charge in [-0.15, -0.1) is 0 Å². The van der Waals surface area contributed by atoms with Crippen LogP contribution in [0.4, 0.5) is 0 Å². The van der Waals surface area contributed by atoms with Crippen molar-refractivity contribution in [3.05, 3.63) is 77.9 Å². The molecule has 0 N–H and O–H groups in total. The molecule has 1 atom stereocenters. The van der Waals surface area contributed by atoms with Gasteiger partial charge in [0.05, 0.1) is 13.2 Å². The Morgan fingerprint density at radius 3 is 2.32 bits per heavy atom. The molecule has 3 aromatic carbocycles. The van der Waals surface area contributed by atoms with Crippen LogP contribution in [0.2, 0.25) is 0 Å². The molecule has 37 heavy (non-hydrogen) atoms. The van der Waals surface area contributed by atoms with Crippen molar-refractivity contribution in [1.82, 2.24) is 14.7 Å². The summed E-state index contributed by atoms with van der Waals surface area (Å²) in [5, 5.41) is 2.21. The Hall–Kier alpha value is -3.22. The third-order valence-corrected chi connectivity index (χ3v) is 7.75. The average Bonchev–Trinajstić information content (AvgIpc) is 3.35. The molecule has 2 saturated heterocycles. The van der Waals surface area contributed by atoms with Gasteiger partial charge in [-0.3, -0.25) is 14.5 Å². The van der Waals surface area contributed by atoms with E-state index in [0.29, 0.717) is 50.9 Å². The fourth-order valence-corrected chi connectivity index (χ4v) is 5.43. The lowest BCUT2D eigenvalue weighted by molar-refractivity contribution is 0.0624. The molecule has 0 unspecified atom stereocenters. The zero-order valence-electron chi connectivity index (χ0n) is 21.8. The maximum atomic E-state index is 13.0. The monoisotopic (exact) mass is 499 g/mol. The van der Waals surface area contributed by atoms with Crippen molar-refractivity contribution in [2.24, 2.45) is 0 Å². The van der Waals surface area contributed by atoms with Gasteiger partial charge < -0.3 is 14.5 Å². The molecule has 0 radical (unpaired) electrons. The molecule has 2 aliphatic heterocycles. The molecule has 1 amide bonds. The number of Topliss-reactive ketones (excluding diaryl/α,β-unsaturated/α-hetero) is 1. The predicted molar refractivity (Wildman–Crippen MR) is 147 cm³/mol. The van der Waals surface area contributed by atoms with Crippen molar-refractivity contribution in [2.45, 2.75) is 32.2 Å². The van der Waals surface area contributed by atoms with Crippen LogP contribution in [0.1, 0.15) is 46.9 Å². The number of hydrogen-bond donors (Lipinski definition) is 0. The van der Waals surface area contributed by atoms with Crippen molar-refractivity contribution in [2.75, 3.05) is 52.4 Å². The standard InChI is InChI=1S/C31H37N3O3/c1-24-6-4-15-33(24)16-5-21-37-29-13-11-26(12-14-29)30(35)23-32-17-19-34(20-18-32)31(36)28-10-9-25-7-2-3-8-27(25)22-28/h2-3,7-14,22,24H,4-6,15-21,23H2,1H3/t24-/m1/s1. The van der Waals surface area contributed by atoms with E-state index in [1.54, 1.807) is 0 Å². The molecule has 6 nitrogen and oxygen atoms in total. The second kappa shape index (κ2) is 11.9. The quantitative estimate of drug-likeness (QED) is 0.315. The molecule has 0 saturated carbocycles. The molecule has 194 valence electrons. The van der Waals surface area contributed by atoms with E-state index in [2.05, 4.69) is 22.8 Å². The first-order chi connectivity index (χ1) is 18.1. The maximum absolute atomic E-state index is 13.0. The van der Waals surface area contributed by atoms with Crippen molar-refractivity contribution >= 4 is 22.5 Å². The number of nitrogens with zero attached hydrogens (tertiary/aromatic N) is 3. The smallest absolute Gasteiger partial charge is 0.253 e. The van der Waals surface area contributed by atoms with Crippen molar-refractivity contribution < 1.29 is 14.3 Å². The molecule has 0 bridgehead atoms. The molecule has 0 aromatic heterocycles. The summed E-state index contributed by atoms with van der Waals surface area (Å²) in [6.07, 6.45) is 3.62. The minimum atomic E-state index is 0.0576. The first-order valence-electron chi connectivity index (χ1n) is 13.6. The lowest BCUT2D eigenvalue weighted by Crippen LogP contribution is -2.49. The third kappa shape index (κ3) is 6.38. The summed E-state index contributed by atoms with van der Waals surface area (Å²) in [5.41, 5.74) is 1.42. The summed E-state index contributed by atoms with van der Waals surface area (Å²) in [6, 6.07) is 22.2. The minimum Gasteiger partial charge on any atom is -0.494 e. The lowest BCUT2D eigenvalue weighted by atomic mass is 10.1. The van der Waals surface area contributed by atoms with Gasteiger partial charge in [0.15, 0.2) is 5.78 Å². The normalized spacial score (nSPS) is 18.8. The number of likely N-dealkylation sites (tertiary alicyclic amines) is 1. The number of ether oxygens (including phenoxy) is 1. The highest BCUT2D eigenvalue weighted by Gasteiger charge is 2.24. The van der Waals surface area contributed by atoms with Crippen LogP contribution in [0.5, 0.6) is 5.75 Å².